The lowest BCUT2D eigenvalue weighted by Crippen LogP contribution is -2.14. The summed E-state index contributed by atoms with van der Waals surface area (Å²) in [7, 11) is -4.08. The summed E-state index contributed by atoms with van der Waals surface area (Å²) in [6.45, 7) is 1.70. The molecule has 0 aliphatic heterocycles. The Kier molecular flexibility index (Phi) is 3.82. The summed E-state index contributed by atoms with van der Waals surface area (Å²) < 4.78 is 65.0. The number of halogens is 3. The first-order valence-corrected chi connectivity index (χ1v) is 7.22. The van der Waals surface area contributed by atoms with Crippen LogP contribution in [0.15, 0.2) is 35.2 Å². The van der Waals surface area contributed by atoms with Crippen LogP contribution in [0.2, 0.25) is 0 Å². The summed E-state index contributed by atoms with van der Waals surface area (Å²) in [5.74, 6) is -4.65. The van der Waals surface area contributed by atoms with E-state index in [0.29, 0.717) is 17.7 Å². The average Bonchev–Trinajstić information content (AvgIpc) is 2.38. The summed E-state index contributed by atoms with van der Waals surface area (Å²) in [6.07, 6.45) is 0. The summed E-state index contributed by atoms with van der Waals surface area (Å²) in [6, 6.07) is 5.11. The second-order valence-corrected chi connectivity index (χ2v) is 6.06. The zero-order valence-electron chi connectivity index (χ0n) is 10.8. The van der Waals surface area contributed by atoms with Crippen molar-refractivity contribution in [3.63, 3.8) is 0 Å². The molecule has 0 aliphatic rings. The molecule has 0 unspecified atom stereocenters. The van der Waals surface area contributed by atoms with E-state index in [-0.39, 0.29) is 10.6 Å². The molecule has 0 spiro atoms. The minimum atomic E-state index is -4.08. The van der Waals surface area contributed by atoms with E-state index in [2.05, 4.69) is 0 Å². The largest absolute Gasteiger partial charge is 0.398 e. The summed E-state index contributed by atoms with van der Waals surface area (Å²) >= 11 is 0. The molecule has 0 saturated carbocycles. The van der Waals surface area contributed by atoms with E-state index in [0.717, 1.165) is 0 Å². The number of anilines is 2. The predicted octanol–water partition coefficient (Wildman–Crippen LogP) is 2.80. The molecule has 3 N–H and O–H groups in total. The second-order valence-electron chi connectivity index (χ2n) is 4.38. The van der Waals surface area contributed by atoms with Crippen molar-refractivity contribution in [2.24, 2.45) is 0 Å². The number of nitrogen functional groups attached to an aromatic ring is 1. The molecule has 0 bridgehead atoms. The van der Waals surface area contributed by atoms with Crippen LogP contribution in [0.5, 0.6) is 0 Å². The van der Waals surface area contributed by atoms with Crippen molar-refractivity contribution in [2.75, 3.05) is 10.5 Å². The number of rotatable bonds is 3. The van der Waals surface area contributed by atoms with Gasteiger partial charge in [0.25, 0.3) is 10.0 Å². The Balaban J connectivity index is 2.39. The minimum Gasteiger partial charge on any atom is -0.398 e. The van der Waals surface area contributed by atoms with Crippen molar-refractivity contribution in [2.45, 2.75) is 11.8 Å². The molecule has 2 aromatic carbocycles. The standard InChI is InChI=1S/C13H11F3N2O2S/c1-7-2-3-9(6-12(7)17)21(19,20)18-8-4-10(14)13(16)11(15)5-8/h2-6,18H,17H2,1H3. The highest BCUT2D eigenvalue weighted by atomic mass is 32.2. The third-order valence-corrected chi connectivity index (χ3v) is 4.18. The highest BCUT2D eigenvalue weighted by Crippen LogP contribution is 2.22. The number of nitrogens with one attached hydrogen (secondary N) is 1. The second kappa shape index (κ2) is 5.28. The molecule has 0 atom stereocenters. The molecule has 112 valence electrons. The molecule has 0 heterocycles. The van der Waals surface area contributed by atoms with Gasteiger partial charge in [-0.1, -0.05) is 6.07 Å². The zero-order valence-corrected chi connectivity index (χ0v) is 11.6. The van der Waals surface area contributed by atoms with Crippen molar-refractivity contribution in [3.05, 3.63) is 53.3 Å². The van der Waals surface area contributed by atoms with Crippen LogP contribution in [0.3, 0.4) is 0 Å². The first kappa shape index (κ1) is 15.2. The monoisotopic (exact) mass is 316 g/mol. The van der Waals surface area contributed by atoms with E-state index < -0.39 is 33.2 Å². The number of hydrogen-bond donors (Lipinski definition) is 2. The molecule has 0 aromatic heterocycles. The van der Waals surface area contributed by atoms with E-state index in [9.17, 15) is 21.6 Å². The normalized spacial score (nSPS) is 11.4. The molecule has 2 rings (SSSR count). The number of aryl methyl sites for hydroxylation is 1. The number of hydrogen-bond acceptors (Lipinski definition) is 3. The van der Waals surface area contributed by atoms with Gasteiger partial charge in [0, 0.05) is 17.8 Å². The summed E-state index contributed by atoms with van der Waals surface area (Å²) in [5, 5.41) is 0. The van der Waals surface area contributed by atoms with E-state index in [1.54, 1.807) is 6.92 Å². The Hall–Kier alpha value is -2.22. The maximum atomic E-state index is 13.1. The Morgan fingerprint density at radius 2 is 1.62 bits per heavy atom. The smallest absolute Gasteiger partial charge is 0.261 e. The van der Waals surface area contributed by atoms with Crippen molar-refractivity contribution < 1.29 is 21.6 Å². The zero-order chi connectivity index (χ0) is 15.8. The molecule has 0 amide bonds. The lowest BCUT2D eigenvalue weighted by Gasteiger charge is -2.10. The maximum Gasteiger partial charge on any atom is 0.261 e. The maximum absolute atomic E-state index is 13.1. The van der Waals surface area contributed by atoms with Gasteiger partial charge in [-0.3, -0.25) is 4.72 Å². The summed E-state index contributed by atoms with van der Waals surface area (Å²) in [4.78, 5) is -0.171. The van der Waals surface area contributed by atoms with Gasteiger partial charge < -0.3 is 5.73 Å². The average molecular weight is 316 g/mol. The molecular formula is C13H11F3N2O2S. The first-order chi connectivity index (χ1) is 9.70. The van der Waals surface area contributed by atoms with Crippen molar-refractivity contribution >= 4 is 21.4 Å². The van der Waals surface area contributed by atoms with Crippen molar-refractivity contribution in [1.82, 2.24) is 0 Å². The first-order valence-electron chi connectivity index (χ1n) is 5.74. The highest BCUT2D eigenvalue weighted by Gasteiger charge is 2.18. The van der Waals surface area contributed by atoms with Crippen LogP contribution in [-0.4, -0.2) is 8.42 Å². The van der Waals surface area contributed by atoms with Gasteiger partial charge in [0.15, 0.2) is 17.5 Å². The SMILES string of the molecule is Cc1ccc(S(=O)(=O)Nc2cc(F)c(F)c(F)c2)cc1N. The third kappa shape index (κ3) is 3.10. The fraction of sp³-hybridized carbons (Fsp3) is 0.0769. The van der Waals surface area contributed by atoms with Crippen LogP contribution in [0.25, 0.3) is 0 Å². The lowest BCUT2D eigenvalue weighted by molar-refractivity contribution is 0.448. The Morgan fingerprint density at radius 1 is 1.05 bits per heavy atom. The van der Waals surface area contributed by atoms with Gasteiger partial charge in [-0.2, -0.15) is 0 Å². The topological polar surface area (TPSA) is 72.2 Å². The molecule has 21 heavy (non-hydrogen) atoms. The Bertz CT molecular complexity index is 784. The van der Waals surface area contributed by atoms with Gasteiger partial charge in [-0.05, 0) is 24.6 Å². The molecule has 8 heteroatoms. The van der Waals surface area contributed by atoms with Crippen LogP contribution < -0.4 is 10.5 Å². The molecule has 0 radical (unpaired) electrons. The van der Waals surface area contributed by atoms with Gasteiger partial charge in [-0.25, -0.2) is 21.6 Å². The van der Waals surface area contributed by atoms with Crippen molar-refractivity contribution in [1.29, 1.82) is 0 Å². The Morgan fingerprint density at radius 3 is 2.14 bits per heavy atom. The third-order valence-electron chi connectivity index (χ3n) is 2.80. The van der Waals surface area contributed by atoms with Gasteiger partial charge >= 0.3 is 0 Å². The predicted molar refractivity (Wildman–Crippen MR) is 72.7 cm³/mol. The molecule has 0 aliphatic carbocycles. The minimum absolute atomic E-state index is 0.171. The van der Waals surface area contributed by atoms with Gasteiger partial charge in [0.05, 0.1) is 10.6 Å². The number of nitrogens with two attached hydrogens (primary N) is 1. The van der Waals surface area contributed by atoms with Crippen LogP contribution in [0, 0.1) is 24.4 Å². The van der Waals surface area contributed by atoms with Crippen molar-refractivity contribution in [3.8, 4) is 0 Å². The fourth-order valence-electron chi connectivity index (χ4n) is 1.61. The summed E-state index contributed by atoms with van der Waals surface area (Å²) in [5.41, 5.74) is 6.14. The molecule has 2 aromatic rings. The number of benzene rings is 2. The van der Waals surface area contributed by atoms with Crippen LogP contribution in [0.1, 0.15) is 5.56 Å². The molecule has 4 nitrogen and oxygen atoms in total. The van der Waals surface area contributed by atoms with Gasteiger partial charge in [0.2, 0.25) is 0 Å². The quantitative estimate of drug-likeness (QED) is 0.675. The molecule has 0 fully saturated rings. The molecule has 0 saturated heterocycles. The number of sulfonamides is 1. The van der Waals surface area contributed by atoms with E-state index in [1.807, 2.05) is 4.72 Å². The fourth-order valence-corrected chi connectivity index (χ4v) is 2.69. The van der Waals surface area contributed by atoms with Crippen LogP contribution in [0.4, 0.5) is 24.5 Å². The van der Waals surface area contributed by atoms with Crippen LogP contribution in [-0.2, 0) is 10.0 Å². The lowest BCUT2D eigenvalue weighted by atomic mass is 10.2. The van der Waals surface area contributed by atoms with E-state index >= 15 is 0 Å². The van der Waals surface area contributed by atoms with Gasteiger partial charge in [0.1, 0.15) is 0 Å². The van der Waals surface area contributed by atoms with E-state index in [1.165, 1.54) is 18.2 Å². The van der Waals surface area contributed by atoms with Crippen LogP contribution >= 0.6 is 0 Å². The molecular weight excluding hydrogens is 305 g/mol. The van der Waals surface area contributed by atoms with Gasteiger partial charge in [-0.15, -0.1) is 0 Å². The van der Waals surface area contributed by atoms with E-state index in [4.69, 9.17) is 5.73 Å². The highest BCUT2D eigenvalue weighted by molar-refractivity contribution is 7.92. The Labute approximate surface area is 119 Å².